The Morgan fingerprint density at radius 3 is 1.07 bits per heavy atom. The summed E-state index contributed by atoms with van der Waals surface area (Å²) in [5, 5.41) is 19.6. The van der Waals surface area contributed by atoms with Crippen LogP contribution in [0.4, 0.5) is 0 Å². The van der Waals surface area contributed by atoms with E-state index in [4.69, 9.17) is 14.2 Å². The highest BCUT2D eigenvalue weighted by atomic mass is 16.5. The summed E-state index contributed by atoms with van der Waals surface area (Å²) in [4.78, 5) is 46.4. The predicted octanol–water partition coefficient (Wildman–Crippen LogP) is 22.5. The molecule has 0 fully saturated rings. The summed E-state index contributed by atoms with van der Waals surface area (Å²) in [5.74, 6) is -0.189. The molecule has 0 bridgehead atoms. The third-order valence-electron chi connectivity index (χ3n) is 19.2. The number of esters is 3. The minimum Gasteiger partial charge on any atom is -0.466 e. The normalized spacial score (nSPS) is 12.8. The average molecular weight is 1260 g/mol. The molecule has 0 aromatic carbocycles. The van der Waals surface area contributed by atoms with Crippen molar-refractivity contribution in [2.24, 2.45) is 11.8 Å². The summed E-state index contributed by atoms with van der Waals surface area (Å²) in [6.07, 6.45) is 63.6. The number of rotatable bonds is 74. The van der Waals surface area contributed by atoms with Crippen LogP contribution in [0, 0.1) is 11.8 Å². The molecule has 10 heteroatoms. The summed E-state index contributed by atoms with van der Waals surface area (Å²) in [6.45, 7) is 20.3. The van der Waals surface area contributed by atoms with E-state index in [1.807, 2.05) is 0 Å². The zero-order valence-corrected chi connectivity index (χ0v) is 60.7. The fourth-order valence-electron chi connectivity index (χ4n) is 13.3. The van der Waals surface area contributed by atoms with Gasteiger partial charge < -0.3 is 34.2 Å². The summed E-state index contributed by atoms with van der Waals surface area (Å²) >= 11 is 0. The molecule has 0 heterocycles. The molecule has 0 aromatic rings. The fourth-order valence-corrected chi connectivity index (χ4v) is 13.3. The molecule has 3 unspecified atom stereocenters. The van der Waals surface area contributed by atoms with E-state index in [1.54, 1.807) is 0 Å². The van der Waals surface area contributed by atoms with Crippen LogP contribution in [0.5, 0.6) is 0 Å². The lowest BCUT2D eigenvalue weighted by Crippen LogP contribution is -2.33. The second kappa shape index (κ2) is 70.6. The quantitative estimate of drug-likeness (QED) is 0.0345. The van der Waals surface area contributed by atoms with Crippen molar-refractivity contribution in [3.63, 3.8) is 0 Å². The first-order valence-electron chi connectivity index (χ1n) is 39.9. The van der Waals surface area contributed by atoms with Crippen molar-refractivity contribution in [3.05, 3.63) is 0 Å². The van der Waals surface area contributed by atoms with Crippen LogP contribution in [0.1, 0.15) is 408 Å². The van der Waals surface area contributed by atoms with Gasteiger partial charge in [0.25, 0.3) is 0 Å². The Labute approximate surface area is 554 Å². The molecular formula is C79H156N2O8. The maximum absolute atomic E-state index is 15.2. The Bertz CT molecular complexity index is 1430. The number of carbonyl (C=O) groups excluding carboxylic acids is 3. The second-order valence-electron chi connectivity index (χ2n) is 27.8. The predicted molar refractivity (Wildman–Crippen MR) is 382 cm³/mol. The van der Waals surface area contributed by atoms with Crippen molar-refractivity contribution in [2.45, 2.75) is 420 Å². The van der Waals surface area contributed by atoms with Crippen molar-refractivity contribution >= 4 is 17.9 Å². The number of aliphatic hydroxyl groups excluding tert-OH is 2. The van der Waals surface area contributed by atoms with Crippen LogP contribution in [0.25, 0.3) is 0 Å². The smallest absolute Gasteiger partial charge is 0.309 e. The van der Waals surface area contributed by atoms with Gasteiger partial charge >= 0.3 is 17.9 Å². The zero-order chi connectivity index (χ0) is 65.0. The maximum Gasteiger partial charge on any atom is 0.309 e. The molecule has 0 saturated carbocycles. The van der Waals surface area contributed by atoms with Crippen LogP contribution in [0.3, 0.4) is 0 Å². The lowest BCUT2D eigenvalue weighted by molar-refractivity contribution is -0.159. The first-order valence-corrected chi connectivity index (χ1v) is 39.9. The van der Waals surface area contributed by atoms with Crippen molar-refractivity contribution in [1.29, 1.82) is 0 Å². The van der Waals surface area contributed by atoms with E-state index in [2.05, 4.69) is 51.3 Å². The van der Waals surface area contributed by atoms with Crippen molar-refractivity contribution in [3.8, 4) is 0 Å². The van der Waals surface area contributed by atoms with E-state index in [1.165, 1.54) is 180 Å². The molecular weight excluding hydrogens is 1100 g/mol. The third kappa shape index (κ3) is 59.7. The van der Waals surface area contributed by atoms with Gasteiger partial charge in [-0.3, -0.25) is 14.4 Å². The Morgan fingerprint density at radius 1 is 0.303 bits per heavy atom. The maximum atomic E-state index is 15.2. The highest BCUT2D eigenvalue weighted by Crippen LogP contribution is 2.34. The number of aliphatic hydroxyl groups is 2. The second-order valence-corrected chi connectivity index (χ2v) is 27.8. The van der Waals surface area contributed by atoms with Crippen molar-refractivity contribution in [2.75, 3.05) is 59.1 Å². The lowest BCUT2D eigenvalue weighted by Gasteiger charge is -2.31. The van der Waals surface area contributed by atoms with Gasteiger partial charge in [-0.15, -0.1) is 0 Å². The highest BCUT2D eigenvalue weighted by Gasteiger charge is 2.33. The monoisotopic (exact) mass is 1260 g/mol. The van der Waals surface area contributed by atoms with Gasteiger partial charge in [0, 0.05) is 32.5 Å². The number of ether oxygens (including phenoxy) is 3. The third-order valence-corrected chi connectivity index (χ3v) is 19.2. The molecule has 0 aromatic heterocycles. The molecule has 2 N–H and O–H groups in total. The number of hydrogen-bond donors (Lipinski definition) is 2. The number of unbranched alkanes of at least 4 members (excludes halogenated alkanes) is 39. The van der Waals surface area contributed by atoms with Crippen LogP contribution in [-0.4, -0.2) is 109 Å². The Morgan fingerprint density at radius 2 is 0.629 bits per heavy atom. The van der Waals surface area contributed by atoms with Crippen LogP contribution in [0.2, 0.25) is 0 Å². The molecule has 0 aliphatic rings. The van der Waals surface area contributed by atoms with Crippen LogP contribution >= 0.6 is 0 Å². The van der Waals surface area contributed by atoms with Crippen LogP contribution in [-0.2, 0) is 28.6 Å². The van der Waals surface area contributed by atoms with Gasteiger partial charge in [0.05, 0.1) is 19.1 Å². The summed E-state index contributed by atoms with van der Waals surface area (Å²) in [7, 11) is 0. The van der Waals surface area contributed by atoms with E-state index < -0.39 is 0 Å². The highest BCUT2D eigenvalue weighted by molar-refractivity contribution is 5.73. The lowest BCUT2D eigenvalue weighted by atomic mass is 9.79. The van der Waals surface area contributed by atoms with Crippen molar-refractivity contribution in [1.82, 2.24) is 9.80 Å². The number of nitrogens with zero attached hydrogens (tertiary/aromatic N) is 2. The minimum atomic E-state index is -0.197. The molecule has 3 atom stereocenters. The summed E-state index contributed by atoms with van der Waals surface area (Å²) in [5.41, 5.74) is 0. The van der Waals surface area contributed by atoms with E-state index >= 15 is 4.79 Å². The Balaban J connectivity index is 6.11. The molecule has 0 radical (unpaired) electrons. The SMILES string of the molecule is CCCCCCCCCOC(=O)CCCCCCCN(CCO)CCCCCC(=O)OC(CCCCCCCC)CC(CCCCCC)C(CCCCCCN(CCCO)CCCCCCCCC)C(=O)OC(CCCCCCCC)CCCCCCCC. The molecule has 10 nitrogen and oxygen atoms in total. The summed E-state index contributed by atoms with van der Waals surface area (Å²) in [6, 6.07) is 0. The Kier molecular flexibility index (Phi) is 69.2. The average Bonchev–Trinajstić information content (AvgIpc) is 3.37. The molecule has 0 spiro atoms. The van der Waals surface area contributed by atoms with Gasteiger partial charge in [-0.25, -0.2) is 0 Å². The first-order chi connectivity index (χ1) is 43.7. The van der Waals surface area contributed by atoms with Gasteiger partial charge in [-0.05, 0) is 141 Å². The number of carbonyl (C=O) groups is 3. The van der Waals surface area contributed by atoms with Crippen molar-refractivity contribution < 1.29 is 38.8 Å². The molecule has 0 saturated heterocycles. The van der Waals surface area contributed by atoms with Crippen LogP contribution in [0.15, 0.2) is 0 Å². The molecule has 0 aliphatic carbocycles. The van der Waals surface area contributed by atoms with E-state index in [-0.39, 0.29) is 55.2 Å². The van der Waals surface area contributed by atoms with Gasteiger partial charge in [-0.2, -0.15) is 0 Å². The molecule has 0 amide bonds. The van der Waals surface area contributed by atoms with Gasteiger partial charge in [0.2, 0.25) is 0 Å². The standard InChI is InChI=1S/C79H156N2O8/c1-7-13-19-25-30-38-50-63-80(67-55-69-82)64-52-40-37-47-60-76(79(86)89-74(57-44-33-27-21-15-9-3)58-45-34-28-22-16-10-4)73(56-43-24-18-12-6)72-75(59-46-35-29-23-17-11-5)88-78(85)62-49-42-53-66-81(68-70-83)65-51-39-32-36-48-61-77(84)87-71-54-41-31-26-20-14-8-2/h73-76,82-83H,7-72H2,1-6H3. The fraction of sp³-hybridized carbons (Fsp3) is 0.962. The summed E-state index contributed by atoms with van der Waals surface area (Å²) < 4.78 is 19.0. The van der Waals surface area contributed by atoms with Crippen LogP contribution < -0.4 is 0 Å². The molecule has 530 valence electrons. The van der Waals surface area contributed by atoms with Gasteiger partial charge in [0.1, 0.15) is 12.2 Å². The minimum absolute atomic E-state index is 0.0270. The largest absolute Gasteiger partial charge is 0.466 e. The Hall–Kier alpha value is -1.75. The van der Waals surface area contributed by atoms with E-state index in [0.717, 1.165) is 206 Å². The van der Waals surface area contributed by atoms with E-state index in [0.29, 0.717) is 26.0 Å². The van der Waals surface area contributed by atoms with Gasteiger partial charge in [0.15, 0.2) is 0 Å². The topological polar surface area (TPSA) is 126 Å². The molecule has 0 rings (SSSR count). The number of hydrogen-bond acceptors (Lipinski definition) is 10. The van der Waals surface area contributed by atoms with E-state index in [9.17, 15) is 19.8 Å². The van der Waals surface area contributed by atoms with Gasteiger partial charge in [-0.1, -0.05) is 286 Å². The molecule has 0 aliphatic heterocycles. The first kappa shape index (κ1) is 87.2. The zero-order valence-electron chi connectivity index (χ0n) is 60.7. The molecule has 89 heavy (non-hydrogen) atoms.